The summed E-state index contributed by atoms with van der Waals surface area (Å²) in [6.45, 7) is 3.53. The molecule has 132 valence electrons. The molecule has 0 bridgehead atoms. The van der Waals surface area contributed by atoms with Crippen LogP contribution < -0.4 is 10.6 Å². The van der Waals surface area contributed by atoms with Crippen LogP contribution in [0.25, 0.3) is 0 Å². The van der Waals surface area contributed by atoms with Gasteiger partial charge in [-0.3, -0.25) is 9.69 Å². The van der Waals surface area contributed by atoms with Crippen LogP contribution in [0.2, 0.25) is 0 Å². The van der Waals surface area contributed by atoms with Crippen LogP contribution in [0.3, 0.4) is 0 Å². The second kappa shape index (κ2) is 8.58. The van der Waals surface area contributed by atoms with Crippen LogP contribution in [-0.2, 0) is 11.3 Å². The molecule has 1 saturated heterocycles. The first-order valence-corrected chi connectivity index (χ1v) is 8.57. The van der Waals surface area contributed by atoms with E-state index >= 15 is 0 Å². The van der Waals surface area contributed by atoms with Crippen molar-refractivity contribution in [3.8, 4) is 0 Å². The third-order valence-corrected chi connectivity index (χ3v) is 4.38. The molecule has 0 aliphatic carbocycles. The number of likely N-dealkylation sites (tertiary alicyclic amines) is 1. The summed E-state index contributed by atoms with van der Waals surface area (Å²) < 4.78 is 12.9. The highest BCUT2D eigenvalue weighted by atomic mass is 19.1. The average Bonchev–Trinajstić information content (AvgIpc) is 3.08. The summed E-state index contributed by atoms with van der Waals surface area (Å²) in [6.07, 6.45) is 2.85. The second-order valence-electron chi connectivity index (χ2n) is 6.39. The van der Waals surface area contributed by atoms with Crippen LogP contribution in [0.15, 0.2) is 48.7 Å². The van der Waals surface area contributed by atoms with Gasteiger partial charge in [0.1, 0.15) is 11.6 Å². The molecule has 3 rings (SSSR count). The second-order valence-corrected chi connectivity index (χ2v) is 6.39. The SMILES string of the molecule is O=C(CN1CC[C@@H](CNc2ccccn2)C1)NCc1ccc(F)cc1. The summed E-state index contributed by atoms with van der Waals surface area (Å²) >= 11 is 0. The van der Waals surface area contributed by atoms with Gasteiger partial charge in [-0.25, -0.2) is 9.37 Å². The molecule has 1 aliphatic rings. The van der Waals surface area contributed by atoms with Crippen molar-refractivity contribution in [2.24, 2.45) is 5.92 Å². The zero-order valence-electron chi connectivity index (χ0n) is 14.1. The van der Waals surface area contributed by atoms with Crippen molar-refractivity contribution < 1.29 is 9.18 Å². The first-order valence-electron chi connectivity index (χ1n) is 8.57. The Bertz CT molecular complexity index is 678. The van der Waals surface area contributed by atoms with Crippen molar-refractivity contribution in [3.05, 3.63) is 60.0 Å². The number of benzene rings is 1. The zero-order valence-corrected chi connectivity index (χ0v) is 14.1. The van der Waals surface area contributed by atoms with Gasteiger partial charge < -0.3 is 10.6 Å². The summed E-state index contributed by atoms with van der Waals surface area (Å²) in [5.41, 5.74) is 0.897. The van der Waals surface area contributed by atoms with E-state index in [4.69, 9.17) is 0 Å². The lowest BCUT2D eigenvalue weighted by atomic mass is 10.1. The maximum absolute atomic E-state index is 12.9. The highest BCUT2D eigenvalue weighted by Gasteiger charge is 2.23. The van der Waals surface area contributed by atoms with E-state index in [2.05, 4.69) is 20.5 Å². The maximum Gasteiger partial charge on any atom is 0.234 e. The van der Waals surface area contributed by atoms with Crippen molar-refractivity contribution in [2.75, 3.05) is 31.5 Å². The molecule has 25 heavy (non-hydrogen) atoms. The van der Waals surface area contributed by atoms with Crippen molar-refractivity contribution in [2.45, 2.75) is 13.0 Å². The Morgan fingerprint density at radius 1 is 1.24 bits per heavy atom. The number of hydrogen-bond donors (Lipinski definition) is 2. The van der Waals surface area contributed by atoms with Crippen LogP contribution in [0.4, 0.5) is 10.2 Å². The van der Waals surface area contributed by atoms with Crippen molar-refractivity contribution in [3.63, 3.8) is 0 Å². The van der Waals surface area contributed by atoms with Gasteiger partial charge >= 0.3 is 0 Å². The molecular weight excluding hydrogens is 319 g/mol. The number of amides is 1. The van der Waals surface area contributed by atoms with Gasteiger partial charge in [0.05, 0.1) is 6.54 Å². The molecule has 2 aromatic rings. The Kier molecular flexibility index (Phi) is 5.95. The minimum absolute atomic E-state index is 0.00246. The van der Waals surface area contributed by atoms with Crippen molar-refractivity contribution >= 4 is 11.7 Å². The number of carbonyl (C=O) groups is 1. The number of rotatable bonds is 7. The largest absolute Gasteiger partial charge is 0.370 e. The minimum atomic E-state index is -0.266. The highest BCUT2D eigenvalue weighted by molar-refractivity contribution is 5.78. The van der Waals surface area contributed by atoms with E-state index in [1.165, 1.54) is 12.1 Å². The number of anilines is 1. The van der Waals surface area contributed by atoms with Gasteiger partial charge in [0.15, 0.2) is 0 Å². The van der Waals surface area contributed by atoms with Crippen LogP contribution in [0, 0.1) is 11.7 Å². The summed E-state index contributed by atoms with van der Waals surface area (Å²) in [6, 6.07) is 12.0. The third kappa shape index (κ3) is 5.53. The molecule has 1 atom stereocenters. The molecule has 1 aromatic heterocycles. The summed E-state index contributed by atoms with van der Waals surface area (Å²) in [5, 5.41) is 6.23. The monoisotopic (exact) mass is 342 g/mol. The fraction of sp³-hybridized carbons (Fsp3) is 0.368. The van der Waals surface area contributed by atoms with Crippen LogP contribution in [0.1, 0.15) is 12.0 Å². The lowest BCUT2D eigenvalue weighted by Gasteiger charge is -2.16. The van der Waals surface area contributed by atoms with E-state index in [-0.39, 0.29) is 11.7 Å². The van der Waals surface area contributed by atoms with E-state index in [0.29, 0.717) is 19.0 Å². The summed E-state index contributed by atoms with van der Waals surface area (Å²) in [4.78, 5) is 18.5. The van der Waals surface area contributed by atoms with E-state index in [9.17, 15) is 9.18 Å². The van der Waals surface area contributed by atoms with E-state index in [0.717, 1.165) is 37.4 Å². The molecule has 1 aromatic carbocycles. The normalized spacial score (nSPS) is 17.4. The van der Waals surface area contributed by atoms with Gasteiger partial charge in [-0.05, 0) is 48.7 Å². The van der Waals surface area contributed by atoms with Crippen molar-refractivity contribution in [1.82, 2.24) is 15.2 Å². The van der Waals surface area contributed by atoms with Gasteiger partial charge in [0.25, 0.3) is 0 Å². The Hall–Kier alpha value is -2.47. The van der Waals surface area contributed by atoms with Gasteiger partial charge in [-0.15, -0.1) is 0 Å². The summed E-state index contributed by atoms with van der Waals surface area (Å²) in [7, 11) is 0. The van der Waals surface area contributed by atoms with Gasteiger partial charge in [0.2, 0.25) is 5.91 Å². The first kappa shape index (κ1) is 17.4. The Morgan fingerprint density at radius 3 is 2.84 bits per heavy atom. The maximum atomic E-state index is 12.9. The molecule has 2 N–H and O–H groups in total. The lowest BCUT2D eigenvalue weighted by Crippen LogP contribution is -2.36. The van der Waals surface area contributed by atoms with E-state index in [1.54, 1.807) is 18.3 Å². The van der Waals surface area contributed by atoms with Gasteiger partial charge in [0, 0.05) is 25.8 Å². The molecule has 0 saturated carbocycles. The van der Waals surface area contributed by atoms with Crippen LogP contribution in [-0.4, -0.2) is 42.0 Å². The molecule has 0 unspecified atom stereocenters. The molecule has 0 radical (unpaired) electrons. The highest BCUT2D eigenvalue weighted by Crippen LogP contribution is 2.16. The first-order chi connectivity index (χ1) is 12.2. The van der Waals surface area contributed by atoms with Crippen molar-refractivity contribution in [1.29, 1.82) is 0 Å². The standard InChI is InChI=1S/C19H23FN4O/c20-17-6-4-15(5-7-17)11-23-19(25)14-24-10-8-16(13-24)12-22-18-3-1-2-9-21-18/h1-7,9,16H,8,10-14H2,(H,21,22)(H,23,25)/t16-/m0/s1. The van der Waals surface area contributed by atoms with E-state index in [1.807, 2.05) is 18.2 Å². The molecule has 1 aliphatic heterocycles. The fourth-order valence-electron chi connectivity index (χ4n) is 3.00. The molecule has 2 heterocycles. The predicted molar refractivity (Wildman–Crippen MR) is 95.5 cm³/mol. The fourth-order valence-corrected chi connectivity index (χ4v) is 3.00. The van der Waals surface area contributed by atoms with E-state index < -0.39 is 0 Å². The lowest BCUT2D eigenvalue weighted by molar-refractivity contribution is -0.122. The topological polar surface area (TPSA) is 57.3 Å². The number of hydrogen-bond acceptors (Lipinski definition) is 4. The Morgan fingerprint density at radius 2 is 2.08 bits per heavy atom. The Balaban J connectivity index is 1.36. The number of pyridine rings is 1. The van der Waals surface area contributed by atoms with Gasteiger partial charge in [-0.1, -0.05) is 18.2 Å². The van der Waals surface area contributed by atoms with Crippen LogP contribution >= 0.6 is 0 Å². The average molecular weight is 342 g/mol. The smallest absolute Gasteiger partial charge is 0.234 e. The molecule has 1 fully saturated rings. The predicted octanol–water partition coefficient (Wildman–Crippen LogP) is 2.27. The third-order valence-electron chi connectivity index (χ3n) is 4.38. The number of halogens is 1. The molecule has 0 spiro atoms. The molecule has 5 nitrogen and oxygen atoms in total. The molecule has 6 heteroatoms. The van der Waals surface area contributed by atoms with Crippen LogP contribution in [0.5, 0.6) is 0 Å². The minimum Gasteiger partial charge on any atom is -0.370 e. The Labute approximate surface area is 147 Å². The molecular formula is C19H23FN4O. The zero-order chi connectivity index (χ0) is 17.5. The quantitative estimate of drug-likeness (QED) is 0.810. The summed E-state index contributed by atoms with van der Waals surface area (Å²) in [5.74, 6) is 1.14. The number of carbonyl (C=O) groups excluding carboxylic acids is 1. The van der Waals surface area contributed by atoms with Gasteiger partial charge in [-0.2, -0.15) is 0 Å². The number of nitrogens with zero attached hydrogens (tertiary/aromatic N) is 2. The number of aromatic nitrogens is 1. The number of nitrogens with one attached hydrogen (secondary N) is 2. The molecule has 1 amide bonds.